The molecule has 51 heavy (non-hydrogen) atoms. The number of hydrogen-bond donors (Lipinski definition) is 3. The third-order valence-corrected chi connectivity index (χ3v) is 17.4. The second-order valence-corrected chi connectivity index (χ2v) is 21.0. The Balaban J connectivity index is 1.27. The summed E-state index contributed by atoms with van der Waals surface area (Å²) in [4.78, 5) is 29.4. The van der Waals surface area contributed by atoms with Gasteiger partial charge in [0.15, 0.2) is 0 Å². The molecule has 11 atom stereocenters. The van der Waals surface area contributed by atoms with Crippen LogP contribution in [-0.2, 0) is 14.3 Å². The lowest BCUT2D eigenvalue weighted by molar-refractivity contribution is -0.256. The summed E-state index contributed by atoms with van der Waals surface area (Å²) >= 11 is 0. The van der Waals surface area contributed by atoms with E-state index in [0.29, 0.717) is 30.6 Å². The van der Waals surface area contributed by atoms with Crippen molar-refractivity contribution in [2.75, 3.05) is 13.2 Å². The Morgan fingerprint density at radius 1 is 0.902 bits per heavy atom. The fourth-order valence-electron chi connectivity index (χ4n) is 14.9. The van der Waals surface area contributed by atoms with Gasteiger partial charge in [0.05, 0.1) is 24.8 Å². The third kappa shape index (κ3) is 5.87. The molecule has 6 rings (SSSR count). The van der Waals surface area contributed by atoms with Crippen LogP contribution < -0.4 is 5.73 Å². The lowest BCUT2D eigenvalue weighted by Crippen LogP contribution is -2.76. The molecule has 6 fully saturated rings. The Labute approximate surface area is 309 Å². The lowest BCUT2D eigenvalue weighted by Gasteiger charge is -2.75. The number of fused-ring (bicyclic) bond motifs is 7. The van der Waals surface area contributed by atoms with Crippen LogP contribution in [0.1, 0.15) is 152 Å². The van der Waals surface area contributed by atoms with Gasteiger partial charge < -0.3 is 25.6 Å². The zero-order valence-corrected chi connectivity index (χ0v) is 33.5. The molecule has 5 saturated carbocycles. The summed E-state index contributed by atoms with van der Waals surface area (Å²) in [5, 5.41) is 19.8. The maximum Gasteiger partial charge on any atom is 0.306 e. The normalized spacial score (nSPS) is 44.5. The fraction of sp³-hybridized carbons (Fsp3) is 0.864. The molecule has 2 unspecified atom stereocenters. The van der Waals surface area contributed by atoms with E-state index in [0.717, 1.165) is 83.6 Å². The highest BCUT2D eigenvalue weighted by atomic mass is 16.5. The van der Waals surface area contributed by atoms with E-state index in [9.17, 15) is 19.8 Å². The maximum absolute atomic E-state index is 14.1. The Morgan fingerprint density at radius 2 is 1.59 bits per heavy atom. The molecule has 5 aliphatic carbocycles. The summed E-state index contributed by atoms with van der Waals surface area (Å²) in [5.74, 6) is 1.65. The summed E-state index contributed by atoms with van der Waals surface area (Å²) in [6.45, 7) is 27.5. The van der Waals surface area contributed by atoms with E-state index in [1.165, 1.54) is 5.57 Å². The molecule has 1 amide bonds. The monoisotopic (exact) mass is 709 g/mol. The van der Waals surface area contributed by atoms with E-state index in [1.54, 1.807) is 0 Å². The average Bonchev–Trinajstić information content (AvgIpc) is 3.65. The number of aliphatic hydroxyl groups is 2. The minimum atomic E-state index is -0.404. The molecule has 1 saturated heterocycles. The van der Waals surface area contributed by atoms with Gasteiger partial charge in [-0.2, -0.15) is 0 Å². The second-order valence-electron chi connectivity index (χ2n) is 21.0. The van der Waals surface area contributed by atoms with Gasteiger partial charge in [0.25, 0.3) is 0 Å². The van der Waals surface area contributed by atoms with Gasteiger partial charge in [-0.3, -0.25) is 9.59 Å². The molecule has 7 heteroatoms. The first-order chi connectivity index (χ1) is 23.6. The van der Waals surface area contributed by atoms with Crippen molar-refractivity contribution in [2.45, 2.75) is 169 Å². The van der Waals surface area contributed by atoms with Gasteiger partial charge in [0, 0.05) is 30.3 Å². The van der Waals surface area contributed by atoms with Crippen LogP contribution in [0.15, 0.2) is 24.5 Å². The van der Waals surface area contributed by atoms with Crippen LogP contribution in [0.5, 0.6) is 0 Å². The highest BCUT2D eigenvalue weighted by Gasteiger charge is 2.75. The number of carbonyl (C=O) groups is 2. The first-order valence-electron chi connectivity index (χ1n) is 20.5. The fourth-order valence-corrected chi connectivity index (χ4v) is 14.9. The van der Waals surface area contributed by atoms with E-state index >= 15 is 0 Å². The van der Waals surface area contributed by atoms with Crippen LogP contribution in [0.25, 0.3) is 0 Å². The minimum absolute atomic E-state index is 0.0434. The van der Waals surface area contributed by atoms with Crippen LogP contribution in [0, 0.1) is 56.2 Å². The average molecular weight is 709 g/mol. The van der Waals surface area contributed by atoms with Gasteiger partial charge >= 0.3 is 5.97 Å². The predicted octanol–water partition coefficient (Wildman–Crippen LogP) is 8.89. The number of ether oxygens (including phenoxy) is 1. The maximum atomic E-state index is 14.1. The molecule has 1 heterocycles. The standard InChI is InChI=1S/C44H72N2O5/c1-28(2)31-13-19-43(25-35(49)46-23-11-12-30(46)27-47)22-21-42(10)41(9)18-14-32-39(6,7)34(51-36(50)26-38(4,5)24-29(3)48)16-17-40(32,8)33(41)15-20-44(42,45)37(31)43/h30-34,37,47-48H,1,3,11-27,45H2,2,4-10H3/t30-,31+,32+,33-,34?,37+,40+,41-,42+,43-,44?/m1/s1. The molecule has 6 aliphatic rings. The predicted molar refractivity (Wildman–Crippen MR) is 203 cm³/mol. The molecular weight excluding hydrogens is 636 g/mol. The molecular formula is C44H72N2O5. The molecule has 1 aliphatic heterocycles. The molecule has 0 aromatic rings. The van der Waals surface area contributed by atoms with Gasteiger partial charge in [-0.15, -0.1) is 0 Å². The summed E-state index contributed by atoms with van der Waals surface area (Å²) < 4.78 is 6.35. The topological polar surface area (TPSA) is 113 Å². The van der Waals surface area contributed by atoms with E-state index in [4.69, 9.17) is 10.5 Å². The van der Waals surface area contributed by atoms with Crippen molar-refractivity contribution >= 4 is 11.9 Å². The quantitative estimate of drug-likeness (QED) is 0.125. The molecule has 288 valence electrons. The van der Waals surface area contributed by atoms with Crippen LogP contribution in [0.3, 0.4) is 0 Å². The molecule has 7 nitrogen and oxygen atoms in total. The Bertz CT molecular complexity index is 1420. The number of amides is 1. The van der Waals surface area contributed by atoms with Crippen molar-refractivity contribution in [1.82, 2.24) is 4.90 Å². The number of rotatable bonds is 9. The van der Waals surface area contributed by atoms with E-state index in [2.05, 4.69) is 54.7 Å². The van der Waals surface area contributed by atoms with Crippen LogP contribution in [0.2, 0.25) is 0 Å². The molecule has 0 aromatic carbocycles. The van der Waals surface area contributed by atoms with Gasteiger partial charge in [-0.05, 0) is 135 Å². The third-order valence-electron chi connectivity index (χ3n) is 17.4. The molecule has 0 aromatic heterocycles. The van der Waals surface area contributed by atoms with Gasteiger partial charge in [-0.1, -0.05) is 67.2 Å². The highest BCUT2D eigenvalue weighted by Crippen LogP contribution is 2.78. The molecule has 4 N–H and O–H groups in total. The number of allylic oxidation sites excluding steroid dienone is 2. The van der Waals surface area contributed by atoms with Crippen LogP contribution >= 0.6 is 0 Å². The number of aliphatic hydroxyl groups excluding tert-OH is 2. The Hall–Kier alpha value is -1.86. The largest absolute Gasteiger partial charge is 0.513 e. The Morgan fingerprint density at radius 3 is 2.24 bits per heavy atom. The lowest BCUT2D eigenvalue weighted by atomic mass is 9.30. The number of esters is 1. The van der Waals surface area contributed by atoms with Crippen molar-refractivity contribution in [3.63, 3.8) is 0 Å². The summed E-state index contributed by atoms with van der Waals surface area (Å²) in [6.07, 6.45) is 13.3. The number of nitrogens with zero attached hydrogens (tertiary/aromatic N) is 1. The molecule has 0 bridgehead atoms. The summed E-state index contributed by atoms with van der Waals surface area (Å²) in [7, 11) is 0. The first-order valence-corrected chi connectivity index (χ1v) is 20.5. The zero-order valence-electron chi connectivity index (χ0n) is 33.5. The smallest absolute Gasteiger partial charge is 0.306 e. The van der Waals surface area contributed by atoms with Crippen molar-refractivity contribution in [1.29, 1.82) is 0 Å². The molecule has 0 spiro atoms. The van der Waals surface area contributed by atoms with Gasteiger partial charge in [0.1, 0.15) is 6.10 Å². The second kappa shape index (κ2) is 12.9. The van der Waals surface area contributed by atoms with Crippen molar-refractivity contribution in [2.24, 2.45) is 61.9 Å². The van der Waals surface area contributed by atoms with E-state index in [1.807, 2.05) is 18.7 Å². The first kappa shape index (κ1) is 38.9. The van der Waals surface area contributed by atoms with Crippen molar-refractivity contribution < 1.29 is 24.5 Å². The minimum Gasteiger partial charge on any atom is -0.513 e. The zero-order chi connectivity index (χ0) is 37.6. The summed E-state index contributed by atoms with van der Waals surface area (Å²) in [6, 6.07) is -0.0434. The van der Waals surface area contributed by atoms with Crippen LogP contribution in [0.4, 0.5) is 0 Å². The van der Waals surface area contributed by atoms with Gasteiger partial charge in [0.2, 0.25) is 5.91 Å². The van der Waals surface area contributed by atoms with Crippen molar-refractivity contribution in [3.8, 4) is 0 Å². The highest BCUT2D eigenvalue weighted by molar-refractivity contribution is 5.78. The number of likely N-dealkylation sites (tertiary alicyclic amines) is 1. The number of nitrogens with two attached hydrogens (primary N) is 1. The van der Waals surface area contributed by atoms with Crippen molar-refractivity contribution in [3.05, 3.63) is 24.5 Å². The number of carbonyl (C=O) groups excluding carboxylic acids is 2. The Kier molecular flexibility index (Phi) is 9.81. The SMILES string of the molecule is C=C(O)CC(C)(C)CC(=O)OC1CC[C@]2(C)[C@H]3CCC4(N)[C@H]5[C@H](C(=C)C)CC[C@]5(CC(=O)N5CCC[C@@H]5CO)CC[C@@]4(C)[C@]3(C)CC[C@H]2C1(C)C. The summed E-state index contributed by atoms with van der Waals surface area (Å²) in [5.41, 5.74) is 8.34. The van der Waals surface area contributed by atoms with Gasteiger partial charge in [-0.25, -0.2) is 0 Å². The number of hydrogen-bond acceptors (Lipinski definition) is 6. The van der Waals surface area contributed by atoms with E-state index in [-0.39, 0.29) is 75.8 Å². The van der Waals surface area contributed by atoms with E-state index < -0.39 is 11.0 Å². The van der Waals surface area contributed by atoms with Crippen LogP contribution in [-0.4, -0.2) is 57.8 Å². The molecule has 0 radical (unpaired) electrons.